The van der Waals surface area contributed by atoms with Gasteiger partial charge in [0.2, 0.25) is 5.88 Å². The number of halogens is 1. The molecule has 11 heteroatoms. The number of nitrogens with zero attached hydrogens (tertiary/aromatic N) is 7. The summed E-state index contributed by atoms with van der Waals surface area (Å²) in [5.41, 5.74) is 3.05. The summed E-state index contributed by atoms with van der Waals surface area (Å²) in [5.74, 6) is 1.06. The number of nitrogens with one attached hydrogen (secondary N) is 1. The number of likely N-dealkylation sites (N-methyl/N-ethyl adjacent to an activating group) is 1. The van der Waals surface area contributed by atoms with Crippen molar-refractivity contribution >= 4 is 16.7 Å². The monoisotopic (exact) mass is 574 g/mol. The number of fused-ring (bicyclic) bond motifs is 1. The molecule has 3 aromatic heterocycles. The first-order valence-corrected chi connectivity index (χ1v) is 14.9. The molecular weight excluding hydrogens is 535 g/mol. The third-order valence-electron chi connectivity index (χ3n) is 8.48. The van der Waals surface area contributed by atoms with Crippen LogP contribution in [0.5, 0.6) is 5.88 Å². The van der Waals surface area contributed by atoms with E-state index in [1.165, 1.54) is 10.7 Å². The fourth-order valence-electron chi connectivity index (χ4n) is 5.99. The molecule has 0 unspecified atom stereocenters. The van der Waals surface area contributed by atoms with E-state index in [0.717, 1.165) is 86.4 Å². The van der Waals surface area contributed by atoms with E-state index in [1.54, 1.807) is 19.2 Å². The number of anilines is 1. The maximum absolute atomic E-state index is 15.4. The molecule has 42 heavy (non-hydrogen) atoms. The number of hydrogen-bond acceptors (Lipinski definition) is 8. The number of pyridine rings is 1. The fourth-order valence-corrected chi connectivity index (χ4v) is 5.99. The van der Waals surface area contributed by atoms with Crippen LogP contribution in [0.25, 0.3) is 22.2 Å². The molecule has 1 saturated carbocycles. The molecule has 222 valence electrons. The normalized spacial score (nSPS) is 20.2. The average Bonchev–Trinajstić information content (AvgIpc) is 3.37. The van der Waals surface area contributed by atoms with E-state index in [-0.39, 0.29) is 23.5 Å². The average molecular weight is 575 g/mol. The summed E-state index contributed by atoms with van der Waals surface area (Å²) in [6, 6.07) is 10.8. The van der Waals surface area contributed by atoms with Crippen LogP contribution in [0.15, 0.2) is 47.4 Å². The summed E-state index contributed by atoms with van der Waals surface area (Å²) in [5, 5.41) is 13.5. The molecule has 0 radical (unpaired) electrons. The zero-order valence-corrected chi connectivity index (χ0v) is 24.6. The van der Waals surface area contributed by atoms with Crippen molar-refractivity contribution in [1.29, 1.82) is 0 Å². The summed E-state index contributed by atoms with van der Waals surface area (Å²) < 4.78 is 24.9. The van der Waals surface area contributed by atoms with Crippen LogP contribution in [-0.4, -0.2) is 80.2 Å². The molecule has 2 aliphatic rings. The molecule has 4 aromatic rings. The van der Waals surface area contributed by atoms with Gasteiger partial charge in [-0.25, -0.2) is 14.1 Å². The molecule has 0 atom stereocenters. The highest BCUT2D eigenvalue weighted by molar-refractivity contribution is 5.94. The van der Waals surface area contributed by atoms with Crippen LogP contribution in [0.2, 0.25) is 0 Å². The minimum Gasteiger partial charge on any atom is -0.473 e. The second-order valence-corrected chi connectivity index (χ2v) is 11.5. The number of benzene rings is 1. The van der Waals surface area contributed by atoms with E-state index >= 15 is 4.39 Å². The molecule has 1 saturated heterocycles. The third-order valence-corrected chi connectivity index (χ3v) is 8.48. The Hall–Kier alpha value is -3.83. The van der Waals surface area contributed by atoms with Crippen LogP contribution in [-0.2, 0) is 13.6 Å². The van der Waals surface area contributed by atoms with E-state index in [9.17, 15) is 4.79 Å². The number of piperazine rings is 1. The fraction of sp³-hybridized carbons (Fsp3) is 0.484. The van der Waals surface area contributed by atoms with Crippen LogP contribution >= 0.6 is 0 Å². The highest BCUT2D eigenvalue weighted by atomic mass is 19.1. The largest absolute Gasteiger partial charge is 0.473 e. The maximum Gasteiger partial charge on any atom is 0.266 e. The Morgan fingerprint density at radius 3 is 2.50 bits per heavy atom. The Morgan fingerprint density at radius 1 is 1.00 bits per heavy atom. The molecule has 1 N–H and O–H groups in total. The maximum atomic E-state index is 15.4. The third kappa shape index (κ3) is 6.03. The van der Waals surface area contributed by atoms with Gasteiger partial charge in [0.05, 0.1) is 11.6 Å². The lowest BCUT2D eigenvalue weighted by Gasteiger charge is -2.32. The smallest absolute Gasteiger partial charge is 0.266 e. The van der Waals surface area contributed by atoms with Gasteiger partial charge in [0.15, 0.2) is 0 Å². The van der Waals surface area contributed by atoms with Gasteiger partial charge in [-0.1, -0.05) is 12.1 Å². The summed E-state index contributed by atoms with van der Waals surface area (Å²) >= 11 is 0. The van der Waals surface area contributed by atoms with E-state index in [1.807, 2.05) is 31.3 Å². The second kappa shape index (κ2) is 12.2. The van der Waals surface area contributed by atoms with E-state index in [0.29, 0.717) is 18.0 Å². The standard InChI is InChI=1S/C31H39FN8O2/c1-4-33-28-18-27-25(19-34-28)31(21-5-6-22(26(32)17-21)20-39-15-13-37(2)14-16-39)36-40(27)23-7-9-24(10-8-23)42-29-11-12-30(41)38(3)35-29/h5-6,11-12,17-19,23-24H,4,7-10,13-16,20H2,1-3H3,(H,33,34)/t23-,24+. The summed E-state index contributed by atoms with van der Waals surface area (Å²) in [7, 11) is 3.75. The zero-order chi connectivity index (χ0) is 29.2. The van der Waals surface area contributed by atoms with Crippen molar-refractivity contribution in [3.63, 3.8) is 0 Å². The number of ether oxygens (including phenoxy) is 1. The second-order valence-electron chi connectivity index (χ2n) is 11.5. The molecule has 0 amide bonds. The minimum atomic E-state index is -0.198. The van der Waals surface area contributed by atoms with E-state index in [4.69, 9.17) is 9.84 Å². The van der Waals surface area contributed by atoms with Gasteiger partial charge in [-0.3, -0.25) is 14.4 Å². The topological polar surface area (TPSA) is 93.3 Å². The summed E-state index contributed by atoms with van der Waals surface area (Å²) in [6.45, 7) is 7.32. The lowest BCUT2D eigenvalue weighted by molar-refractivity contribution is 0.123. The Bertz CT molecular complexity index is 1600. The minimum absolute atomic E-state index is 0.0217. The van der Waals surface area contributed by atoms with Crippen LogP contribution in [0.3, 0.4) is 0 Å². The van der Waals surface area contributed by atoms with Gasteiger partial charge < -0.3 is 15.0 Å². The molecule has 4 heterocycles. The predicted molar refractivity (Wildman–Crippen MR) is 161 cm³/mol. The van der Waals surface area contributed by atoms with Gasteiger partial charge in [0, 0.05) is 87.2 Å². The van der Waals surface area contributed by atoms with Gasteiger partial charge in [0.25, 0.3) is 5.56 Å². The lowest BCUT2D eigenvalue weighted by Crippen LogP contribution is -2.44. The zero-order valence-electron chi connectivity index (χ0n) is 24.6. The van der Waals surface area contributed by atoms with Crippen LogP contribution in [0.1, 0.15) is 44.2 Å². The lowest BCUT2D eigenvalue weighted by atomic mass is 9.93. The molecule has 0 bridgehead atoms. The Labute approximate surface area is 245 Å². The van der Waals surface area contributed by atoms with E-state index in [2.05, 4.69) is 36.9 Å². The number of aryl methyl sites for hydroxylation is 1. The first kappa shape index (κ1) is 28.3. The van der Waals surface area contributed by atoms with Crippen molar-refractivity contribution in [3.8, 4) is 17.1 Å². The number of aromatic nitrogens is 5. The number of hydrogen-bond donors (Lipinski definition) is 1. The molecular formula is C31H39FN8O2. The molecule has 6 rings (SSSR count). The van der Waals surface area contributed by atoms with Crippen molar-refractivity contribution in [1.82, 2.24) is 34.3 Å². The molecule has 1 aromatic carbocycles. The Kier molecular flexibility index (Phi) is 8.21. The van der Waals surface area contributed by atoms with Gasteiger partial charge >= 0.3 is 0 Å². The first-order chi connectivity index (χ1) is 20.4. The van der Waals surface area contributed by atoms with Crippen molar-refractivity contribution in [3.05, 3.63) is 64.3 Å². The van der Waals surface area contributed by atoms with Crippen LogP contribution < -0.4 is 15.6 Å². The van der Waals surface area contributed by atoms with E-state index < -0.39 is 0 Å². The van der Waals surface area contributed by atoms with Gasteiger partial charge in [-0.05, 0) is 45.7 Å². The molecule has 0 spiro atoms. The Morgan fingerprint density at radius 2 is 1.79 bits per heavy atom. The van der Waals surface area contributed by atoms with Crippen molar-refractivity contribution in [2.75, 3.05) is 45.1 Å². The van der Waals surface area contributed by atoms with Crippen molar-refractivity contribution in [2.24, 2.45) is 7.05 Å². The van der Waals surface area contributed by atoms with Gasteiger partial charge in [0.1, 0.15) is 23.4 Å². The highest BCUT2D eigenvalue weighted by Gasteiger charge is 2.27. The highest BCUT2D eigenvalue weighted by Crippen LogP contribution is 2.37. The first-order valence-electron chi connectivity index (χ1n) is 14.9. The van der Waals surface area contributed by atoms with Crippen molar-refractivity contribution < 1.29 is 9.13 Å². The number of rotatable bonds is 8. The summed E-state index contributed by atoms with van der Waals surface area (Å²) in [4.78, 5) is 20.9. The molecule has 10 nitrogen and oxygen atoms in total. The van der Waals surface area contributed by atoms with Crippen LogP contribution in [0.4, 0.5) is 10.2 Å². The van der Waals surface area contributed by atoms with Crippen molar-refractivity contribution in [2.45, 2.75) is 51.3 Å². The molecule has 2 fully saturated rings. The van der Waals surface area contributed by atoms with Gasteiger partial charge in [-0.2, -0.15) is 5.10 Å². The molecule has 1 aliphatic heterocycles. The van der Waals surface area contributed by atoms with Gasteiger partial charge in [-0.15, -0.1) is 5.10 Å². The quantitative estimate of drug-likeness (QED) is 0.337. The molecule has 1 aliphatic carbocycles. The SMILES string of the molecule is CCNc1cc2c(cn1)c(-c1ccc(CN3CCN(C)CC3)c(F)c1)nn2[C@H]1CC[C@@H](Oc2ccc(=O)n(C)n2)CC1. The summed E-state index contributed by atoms with van der Waals surface area (Å²) in [6.07, 6.45) is 5.31. The Balaban J connectivity index is 1.24. The predicted octanol–water partition coefficient (Wildman–Crippen LogP) is 4.07. The van der Waals surface area contributed by atoms with Crippen LogP contribution in [0, 0.1) is 5.82 Å².